The number of carboxylic acid groups (broad SMARTS) is 1. The van der Waals surface area contributed by atoms with Gasteiger partial charge in [0.2, 0.25) is 5.67 Å². The van der Waals surface area contributed by atoms with Crippen LogP contribution in [-0.4, -0.2) is 40.6 Å². The van der Waals surface area contributed by atoms with Crippen LogP contribution in [0.5, 0.6) is 0 Å². The van der Waals surface area contributed by atoms with Crippen LogP contribution in [-0.2, 0) is 4.79 Å². The molecule has 114 valence electrons. The fraction of sp³-hybridized carbons (Fsp3) is 0.250. The first-order chi connectivity index (χ1) is 10.4. The van der Waals surface area contributed by atoms with Gasteiger partial charge in [0.1, 0.15) is 0 Å². The van der Waals surface area contributed by atoms with Crippen molar-refractivity contribution < 1.29 is 19.1 Å². The van der Waals surface area contributed by atoms with E-state index in [1.165, 1.54) is 4.90 Å². The summed E-state index contributed by atoms with van der Waals surface area (Å²) in [6, 6.07) is 10.9. The average Bonchev–Trinajstić information content (AvgIpc) is 2.90. The molecule has 0 radical (unpaired) electrons. The summed E-state index contributed by atoms with van der Waals surface area (Å²) in [6.45, 7) is -0.292. The van der Waals surface area contributed by atoms with Crippen molar-refractivity contribution in [3.8, 4) is 0 Å². The molecule has 1 N–H and O–H groups in total. The van der Waals surface area contributed by atoms with Gasteiger partial charge in [0.15, 0.2) is 0 Å². The second-order valence-electron chi connectivity index (χ2n) is 5.45. The Morgan fingerprint density at radius 3 is 2.55 bits per heavy atom. The molecule has 3 rings (SSSR count). The molecule has 1 unspecified atom stereocenters. The van der Waals surface area contributed by atoms with Crippen molar-refractivity contribution in [2.75, 3.05) is 13.1 Å². The van der Waals surface area contributed by atoms with Crippen molar-refractivity contribution >= 4 is 38.6 Å². The van der Waals surface area contributed by atoms with Crippen molar-refractivity contribution in [2.45, 2.75) is 12.1 Å². The Kier molecular flexibility index (Phi) is 3.64. The zero-order valence-electron chi connectivity index (χ0n) is 11.6. The highest BCUT2D eigenvalue weighted by molar-refractivity contribution is 9.10. The zero-order chi connectivity index (χ0) is 15.9. The zero-order valence-corrected chi connectivity index (χ0v) is 13.1. The van der Waals surface area contributed by atoms with Gasteiger partial charge in [-0.1, -0.05) is 28.1 Å². The van der Waals surface area contributed by atoms with E-state index in [9.17, 15) is 14.0 Å². The highest BCUT2D eigenvalue weighted by atomic mass is 79.9. The van der Waals surface area contributed by atoms with Crippen molar-refractivity contribution in [1.29, 1.82) is 0 Å². The molecule has 0 aromatic heterocycles. The number of hydrogen-bond acceptors (Lipinski definition) is 2. The molecule has 0 spiro atoms. The molecule has 0 saturated carbocycles. The summed E-state index contributed by atoms with van der Waals surface area (Å²) in [4.78, 5) is 24.6. The molecule has 1 amide bonds. The summed E-state index contributed by atoms with van der Waals surface area (Å²) in [6.07, 6.45) is -0.172. The molecule has 6 heteroatoms. The van der Waals surface area contributed by atoms with E-state index >= 15 is 0 Å². The van der Waals surface area contributed by atoms with Crippen LogP contribution in [0, 0.1) is 0 Å². The van der Waals surface area contributed by atoms with Crippen molar-refractivity contribution in [3.63, 3.8) is 0 Å². The van der Waals surface area contributed by atoms with Gasteiger partial charge in [0.25, 0.3) is 5.91 Å². The van der Waals surface area contributed by atoms with Crippen LogP contribution >= 0.6 is 15.9 Å². The predicted octanol–water partition coefficient (Wildman–Crippen LogP) is 3.24. The van der Waals surface area contributed by atoms with Crippen LogP contribution in [0.15, 0.2) is 40.9 Å². The van der Waals surface area contributed by atoms with Gasteiger partial charge in [-0.2, -0.15) is 0 Å². The number of carboxylic acids is 1. The molecule has 1 fully saturated rings. The first-order valence-corrected chi connectivity index (χ1v) is 7.59. The fourth-order valence-corrected chi connectivity index (χ4v) is 3.03. The van der Waals surface area contributed by atoms with Crippen molar-refractivity contribution in [2.24, 2.45) is 0 Å². The van der Waals surface area contributed by atoms with Gasteiger partial charge in [-0.15, -0.1) is 0 Å². The topological polar surface area (TPSA) is 57.6 Å². The lowest BCUT2D eigenvalue weighted by Crippen LogP contribution is -2.38. The van der Waals surface area contributed by atoms with Crippen molar-refractivity contribution in [3.05, 3.63) is 46.4 Å². The molecular weight excluding hydrogens is 353 g/mol. The minimum Gasteiger partial charge on any atom is -0.479 e. The number of nitrogens with zero attached hydrogens (tertiary/aromatic N) is 1. The Hall–Kier alpha value is -1.95. The molecule has 1 saturated heterocycles. The number of rotatable bonds is 2. The molecule has 1 aliphatic rings. The van der Waals surface area contributed by atoms with E-state index < -0.39 is 18.2 Å². The molecule has 1 heterocycles. The highest BCUT2D eigenvalue weighted by Crippen LogP contribution is 2.28. The largest absolute Gasteiger partial charge is 0.479 e. The monoisotopic (exact) mass is 365 g/mol. The van der Waals surface area contributed by atoms with Gasteiger partial charge >= 0.3 is 5.97 Å². The standard InChI is InChI=1S/C16H13BrFNO3/c17-13-4-3-10-7-12(2-1-11(10)8-13)14(20)19-6-5-16(18,9-19)15(21)22/h1-4,7-8H,5-6,9H2,(H,21,22). The van der Waals surface area contributed by atoms with E-state index in [0.29, 0.717) is 5.56 Å². The number of amides is 1. The smallest absolute Gasteiger partial charge is 0.343 e. The first kappa shape index (κ1) is 15.0. The Morgan fingerprint density at radius 1 is 1.18 bits per heavy atom. The van der Waals surface area contributed by atoms with Gasteiger partial charge < -0.3 is 10.0 Å². The highest BCUT2D eigenvalue weighted by Gasteiger charge is 2.46. The molecule has 2 aromatic carbocycles. The van der Waals surface area contributed by atoms with E-state index in [1.807, 2.05) is 24.3 Å². The summed E-state index contributed by atoms with van der Waals surface area (Å²) in [5, 5.41) is 10.8. The summed E-state index contributed by atoms with van der Waals surface area (Å²) in [5.41, 5.74) is -1.90. The van der Waals surface area contributed by atoms with Crippen LogP contribution in [0.3, 0.4) is 0 Å². The summed E-state index contributed by atoms with van der Waals surface area (Å²) in [7, 11) is 0. The number of benzene rings is 2. The first-order valence-electron chi connectivity index (χ1n) is 6.80. The van der Waals surface area contributed by atoms with Gasteiger partial charge in [0.05, 0.1) is 6.54 Å². The maximum absolute atomic E-state index is 14.1. The third-order valence-corrected chi connectivity index (χ3v) is 4.43. The maximum Gasteiger partial charge on any atom is 0.343 e. The minimum absolute atomic E-state index is 0.111. The SMILES string of the molecule is O=C(c1ccc2cc(Br)ccc2c1)N1CCC(F)(C(=O)O)C1. The van der Waals surface area contributed by atoms with E-state index in [-0.39, 0.29) is 18.9 Å². The summed E-state index contributed by atoms with van der Waals surface area (Å²) < 4.78 is 15.0. The van der Waals surface area contributed by atoms with Crippen LogP contribution in [0.4, 0.5) is 4.39 Å². The number of hydrogen-bond donors (Lipinski definition) is 1. The molecular formula is C16H13BrFNO3. The number of alkyl halides is 1. The van der Waals surface area contributed by atoms with Gasteiger partial charge in [-0.3, -0.25) is 4.79 Å². The average molecular weight is 366 g/mol. The fourth-order valence-electron chi connectivity index (χ4n) is 2.65. The second kappa shape index (κ2) is 5.35. The minimum atomic E-state index is -2.34. The van der Waals surface area contributed by atoms with Crippen LogP contribution in [0.1, 0.15) is 16.8 Å². The van der Waals surface area contributed by atoms with Crippen LogP contribution in [0.25, 0.3) is 10.8 Å². The Bertz CT molecular complexity index is 779. The third kappa shape index (κ3) is 2.59. The van der Waals surface area contributed by atoms with E-state index in [0.717, 1.165) is 15.2 Å². The second-order valence-corrected chi connectivity index (χ2v) is 6.37. The van der Waals surface area contributed by atoms with E-state index in [4.69, 9.17) is 5.11 Å². The molecule has 1 atom stereocenters. The maximum atomic E-state index is 14.1. The lowest BCUT2D eigenvalue weighted by atomic mass is 10.1. The third-order valence-electron chi connectivity index (χ3n) is 3.94. The Labute approximate surface area is 134 Å². The Morgan fingerprint density at radius 2 is 1.86 bits per heavy atom. The van der Waals surface area contributed by atoms with Gasteiger partial charge in [0, 0.05) is 23.0 Å². The van der Waals surface area contributed by atoms with E-state index in [1.54, 1.807) is 12.1 Å². The summed E-state index contributed by atoms with van der Waals surface area (Å²) >= 11 is 3.39. The normalized spacial score (nSPS) is 21.3. The molecule has 22 heavy (non-hydrogen) atoms. The van der Waals surface area contributed by atoms with Crippen LogP contribution in [0.2, 0.25) is 0 Å². The summed E-state index contributed by atoms with van der Waals surface area (Å²) in [5.74, 6) is -1.85. The predicted molar refractivity (Wildman–Crippen MR) is 83.6 cm³/mol. The lowest BCUT2D eigenvalue weighted by Gasteiger charge is -2.18. The Balaban J connectivity index is 1.87. The van der Waals surface area contributed by atoms with Crippen molar-refractivity contribution in [1.82, 2.24) is 4.90 Å². The quantitative estimate of drug-likeness (QED) is 0.888. The molecule has 2 aromatic rings. The number of carbonyl (C=O) groups is 2. The molecule has 4 nitrogen and oxygen atoms in total. The number of halogens is 2. The lowest BCUT2D eigenvalue weighted by molar-refractivity contribution is -0.149. The number of carbonyl (C=O) groups excluding carboxylic acids is 1. The van der Waals surface area contributed by atoms with Crippen LogP contribution < -0.4 is 0 Å². The molecule has 0 bridgehead atoms. The van der Waals surface area contributed by atoms with Gasteiger partial charge in [-0.25, -0.2) is 9.18 Å². The van der Waals surface area contributed by atoms with Gasteiger partial charge in [-0.05, 0) is 35.0 Å². The molecule has 0 aliphatic carbocycles. The number of likely N-dealkylation sites (tertiary alicyclic amines) is 1. The number of fused-ring (bicyclic) bond motifs is 1. The number of aliphatic carboxylic acids is 1. The van der Waals surface area contributed by atoms with E-state index in [2.05, 4.69) is 15.9 Å². The molecule has 1 aliphatic heterocycles.